The molecule has 242 valence electrons. The minimum absolute atomic E-state index is 0.722. The van der Waals surface area contributed by atoms with Crippen molar-refractivity contribution < 1.29 is 0 Å². The molecule has 3 aromatic heterocycles. The van der Waals surface area contributed by atoms with Crippen molar-refractivity contribution in [2.24, 2.45) is 0 Å². The molecule has 0 saturated heterocycles. The number of para-hydroxylation sites is 2. The molecule has 0 fully saturated rings. The SMILES string of the molecule is c1ccc(-c2nc(-c3ccccc3)c3cc(-n4c5ccccc5c5c4ccc4c6c7ccccc7ccc6n(-c6ccccc6)c45)ccc3n2)cc1. The third kappa shape index (κ3) is 4.21. The second kappa shape index (κ2) is 11.2. The molecule has 0 atom stereocenters. The van der Waals surface area contributed by atoms with Crippen LogP contribution in [0.15, 0.2) is 182 Å². The molecule has 0 amide bonds. The summed E-state index contributed by atoms with van der Waals surface area (Å²) >= 11 is 0. The fourth-order valence-electron chi connectivity index (χ4n) is 8.24. The van der Waals surface area contributed by atoms with Crippen molar-refractivity contribution in [2.45, 2.75) is 0 Å². The summed E-state index contributed by atoms with van der Waals surface area (Å²) in [6.07, 6.45) is 0. The Morgan fingerprint density at radius 1 is 0.365 bits per heavy atom. The van der Waals surface area contributed by atoms with Crippen molar-refractivity contribution in [3.05, 3.63) is 182 Å². The van der Waals surface area contributed by atoms with Crippen LogP contribution in [0.5, 0.6) is 0 Å². The van der Waals surface area contributed by atoms with Gasteiger partial charge in [0.2, 0.25) is 0 Å². The lowest BCUT2D eigenvalue weighted by Gasteiger charge is -2.13. The Morgan fingerprint density at radius 2 is 1.02 bits per heavy atom. The van der Waals surface area contributed by atoms with E-state index in [2.05, 4.69) is 167 Å². The molecular weight excluding hydrogens is 633 g/mol. The summed E-state index contributed by atoms with van der Waals surface area (Å²) in [5.74, 6) is 0.722. The van der Waals surface area contributed by atoms with Crippen LogP contribution in [0.2, 0.25) is 0 Å². The van der Waals surface area contributed by atoms with E-state index in [0.717, 1.165) is 56.0 Å². The highest BCUT2D eigenvalue weighted by atomic mass is 15.0. The number of rotatable bonds is 4. The molecule has 8 aromatic carbocycles. The predicted molar refractivity (Wildman–Crippen MR) is 217 cm³/mol. The fourth-order valence-corrected chi connectivity index (χ4v) is 8.24. The van der Waals surface area contributed by atoms with E-state index < -0.39 is 0 Å². The topological polar surface area (TPSA) is 35.6 Å². The molecule has 0 bridgehead atoms. The monoisotopic (exact) mass is 662 g/mol. The summed E-state index contributed by atoms with van der Waals surface area (Å²) in [5.41, 5.74) is 10.8. The first-order valence-electron chi connectivity index (χ1n) is 17.7. The van der Waals surface area contributed by atoms with Gasteiger partial charge < -0.3 is 9.13 Å². The van der Waals surface area contributed by atoms with Gasteiger partial charge in [-0.25, -0.2) is 9.97 Å². The number of hydrogen-bond donors (Lipinski definition) is 0. The number of benzene rings is 8. The lowest BCUT2D eigenvalue weighted by molar-refractivity contribution is 1.17. The Bertz CT molecular complexity index is 3160. The van der Waals surface area contributed by atoms with Gasteiger partial charge in [0, 0.05) is 49.4 Å². The standard InChI is InChI=1S/C48H30N4/c1-4-15-32(16-5-1)46-39-30-35(25-27-40(39)49-48(50-46)33-17-6-2-7-18-33)51-41-23-13-12-22-37(41)45-43(51)29-26-38-44-36-21-11-10-14-31(36)24-28-42(44)52(47(38)45)34-19-8-3-9-20-34/h1-30H. The molecule has 52 heavy (non-hydrogen) atoms. The van der Waals surface area contributed by atoms with Crippen LogP contribution in [-0.2, 0) is 0 Å². The number of hydrogen-bond acceptors (Lipinski definition) is 2. The van der Waals surface area contributed by atoms with E-state index in [9.17, 15) is 0 Å². The van der Waals surface area contributed by atoms with E-state index in [-0.39, 0.29) is 0 Å². The quantitative estimate of drug-likeness (QED) is 0.188. The zero-order chi connectivity index (χ0) is 34.2. The van der Waals surface area contributed by atoms with Gasteiger partial charge >= 0.3 is 0 Å². The van der Waals surface area contributed by atoms with E-state index in [4.69, 9.17) is 9.97 Å². The van der Waals surface area contributed by atoms with Crippen LogP contribution in [0.4, 0.5) is 0 Å². The molecule has 0 N–H and O–H groups in total. The Morgan fingerprint density at radius 3 is 1.83 bits per heavy atom. The number of nitrogens with zero attached hydrogens (tertiary/aromatic N) is 4. The predicted octanol–water partition coefficient (Wildman–Crippen LogP) is 12.3. The number of aromatic nitrogens is 4. The van der Waals surface area contributed by atoms with Gasteiger partial charge in [0.05, 0.1) is 33.3 Å². The van der Waals surface area contributed by atoms with Crippen LogP contribution in [0.25, 0.3) is 99.3 Å². The van der Waals surface area contributed by atoms with E-state index in [0.29, 0.717) is 0 Å². The highest BCUT2D eigenvalue weighted by molar-refractivity contribution is 6.30. The molecule has 0 unspecified atom stereocenters. The Labute approximate surface area is 299 Å². The van der Waals surface area contributed by atoms with E-state index in [1.807, 2.05) is 24.3 Å². The second-order valence-electron chi connectivity index (χ2n) is 13.4. The molecule has 0 radical (unpaired) electrons. The smallest absolute Gasteiger partial charge is 0.160 e. The van der Waals surface area contributed by atoms with Crippen LogP contribution >= 0.6 is 0 Å². The Hall–Kier alpha value is -7.04. The highest BCUT2D eigenvalue weighted by Gasteiger charge is 2.22. The van der Waals surface area contributed by atoms with Crippen molar-refractivity contribution in [2.75, 3.05) is 0 Å². The van der Waals surface area contributed by atoms with E-state index in [1.54, 1.807) is 0 Å². The summed E-state index contributed by atoms with van der Waals surface area (Å²) in [7, 11) is 0. The third-order valence-electron chi connectivity index (χ3n) is 10.5. The van der Waals surface area contributed by atoms with Crippen LogP contribution < -0.4 is 0 Å². The normalized spacial score (nSPS) is 11.8. The molecule has 11 aromatic rings. The van der Waals surface area contributed by atoms with Gasteiger partial charge in [-0.3, -0.25) is 0 Å². The van der Waals surface area contributed by atoms with Gasteiger partial charge in [-0.2, -0.15) is 0 Å². The molecular formula is C48H30N4. The van der Waals surface area contributed by atoms with Crippen molar-refractivity contribution >= 4 is 65.3 Å². The van der Waals surface area contributed by atoms with Crippen LogP contribution in [0.1, 0.15) is 0 Å². The summed E-state index contributed by atoms with van der Waals surface area (Å²) < 4.78 is 4.87. The number of fused-ring (bicyclic) bond motifs is 10. The Balaban J connectivity index is 1.25. The molecule has 4 heteroatoms. The van der Waals surface area contributed by atoms with Gasteiger partial charge in [0.25, 0.3) is 0 Å². The maximum Gasteiger partial charge on any atom is 0.160 e. The second-order valence-corrected chi connectivity index (χ2v) is 13.4. The average molecular weight is 663 g/mol. The van der Waals surface area contributed by atoms with Crippen LogP contribution in [0.3, 0.4) is 0 Å². The molecule has 0 aliphatic carbocycles. The first-order valence-corrected chi connectivity index (χ1v) is 17.7. The molecule has 0 spiro atoms. The van der Waals surface area contributed by atoms with Gasteiger partial charge in [0.1, 0.15) is 0 Å². The lowest BCUT2D eigenvalue weighted by atomic mass is 10.0. The lowest BCUT2D eigenvalue weighted by Crippen LogP contribution is -1.98. The molecule has 0 saturated carbocycles. The van der Waals surface area contributed by atoms with Crippen LogP contribution in [0, 0.1) is 0 Å². The van der Waals surface area contributed by atoms with Crippen molar-refractivity contribution in [3.8, 4) is 34.0 Å². The molecule has 0 aliphatic heterocycles. The molecule has 0 aliphatic rings. The third-order valence-corrected chi connectivity index (χ3v) is 10.5. The van der Waals surface area contributed by atoms with Crippen molar-refractivity contribution in [3.63, 3.8) is 0 Å². The Kier molecular flexibility index (Phi) is 6.22. The van der Waals surface area contributed by atoms with Crippen molar-refractivity contribution in [1.82, 2.24) is 19.1 Å². The van der Waals surface area contributed by atoms with Crippen LogP contribution in [-0.4, -0.2) is 19.1 Å². The zero-order valence-electron chi connectivity index (χ0n) is 28.1. The fraction of sp³-hybridized carbons (Fsp3) is 0. The van der Waals surface area contributed by atoms with Gasteiger partial charge in [-0.05, 0) is 59.3 Å². The van der Waals surface area contributed by atoms with Gasteiger partial charge in [-0.1, -0.05) is 133 Å². The van der Waals surface area contributed by atoms with Gasteiger partial charge in [-0.15, -0.1) is 0 Å². The summed E-state index contributed by atoms with van der Waals surface area (Å²) in [4.78, 5) is 10.3. The minimum Gasteiger partial charge on any atom is -0.309 e. The molecule has 3 heterocycles. The summed E-state index contributed by atoms with van der Waals surface area (Å²) in [5, 5.41) is 8.49. The highest BCUT2D eigenvalue weighted by Crippen LogP contribution is 2.44. The maximum absolute atomic E-state index is 5.20. The summed E-state index contributed by atoms with van der Waals surface area (Å²) in [6.45, 7) is 0. The van der Waals surface area contributed by atoms with Crippen molar-refractivity contribution in [1.29, 1.82) is 0 Å². The van der Waals surface area contributed by atoms with Gasteiger partial charge in [0.15, 0.2) is 5.82 Å². The largest absolute Gasteiger partial charge is 0.309 e. The molecule has 11 rings (SSSR count). The van der Waals surface area contributed by atoms with E-state index >= 15 is 0 Å². The minimum atomic E-state index is 0.722. The molecule has 4 nitrogen and oxygen atoms in total. The maximum atomic E-state index is 5.20. The van der Waals surface area contributed by atoms with E-state index in [1.165, 1.54) is 43.4 Å². The zero-order valence-corrected chi connectivity index (χ0v) is 28.1. The average Bonchev–Trinajstić information content (AvgIpc) is 3.74. The first-order chi connectivity index (χ1) is 25.8. The first kappa shape index (κ1) is 28.8. The summed E-state index contributed by atoms with van der Waals surface area (Å²) in [6, 6.07) is 64.8.